The number of hydrogen-bond donors (Lipinski definition) is 2. The van der Waals surface area contributed by atoms with Gasteiger partial charge in [0.25, 0.3) is 0 Å². The summed E-state index contributed by atoms with van der Waals surface area (Å²) in [5, 5.41) is 12.7. The van der Waals surface area contributed by atoms with Gasteiger partial charge in [-0.2, -0.15) is 0 Å². The van der Waals surface area contributed by atoms with E-state index in [2.05, 4.69) is 5.32 Å². The fourth-order valence-corrected chi connectivity index (χ4v) is 2.54. The highest BCUT2D eigenvalue weighted by atomic mass is 16.3. The number of hydrogen-bond acceptors (Lipinski definition) is 2. The fourth-order valence-electron chi connectivity index (χ4n) is 2.54. The summed E-state index contributed by atoms with van der Waals surface area (Å²) < 4.78 is 0. The third-order valence-electron chi connectivity index (χ3n) is 3.49. The van der Waals surface area contributed by atoms with E-state index in [0.717, 1.165) is 45.3 Å². The topological polar surface area (TPSA) is 52.6 Å². The molecule has 1 saturated carbocycles. The maximum atomic E-state index is 11.5. The minimum absolute atomic E-state index is 0.0408. The van der Waals surface area contributed by atoms with E-state index in [1.807, 2.05) is 4.90 Å². The number of carbonyl (C=O) groups is 1. The molecule has 0 spiro atoms. The van der Waals surface area contributed by atoms with Gasteiger partial charge in [0.2, 0.25) is 0 Å². The van der Waals surface area contributed by atoms with Crippen molar-refractivity contribution in [1.82, 2.24) is 10.2 Å². The number of nitrogens with zero attached hydrogens (tertiary/aromatic N) is 1. The zero-order valence-corrected chi connectivity index (χ0v) is 9.11. The second-order valence-corrected chi connectivity index (χ2v) is 4.64. The minimum Gasteiger partial charge on any atom is -0.393 e. The molecule has 1 saturated heterocycles. The molecule has 2 unspecified atom stereocenters. The maximum Gasteiger partial charge on any atom is 0.317 e. The second kappa shape index (κ2) is 4.84. The van der Waals surface area contributed by atoms with Crippen LogP contribution in [0, 0.1) is 5.92 Å². The van der Waals surface area contributed by atoms with Gasteiger partial charge in [0, 0.05) is 25.6 Å². The average molecular weight is 212 g/mol. The Morgan fingerprint density at radius 3 is 2.87 bits per heavy atom. The summed E-state index contributed by atoms with van der Waals surface area (Å²) in [5.41, 5.74) is 0. The molecule has 15 heavy (non-hydrogen) atoms. The molecule has 1 aliphatic heterocycles. The Labute approximate surface area is 90.6 Å². The van der Waals surface area contributed by atoms with Crippen LogP contribution >= 0.6 is 0 Å². The number of carbonyl (C=O) groups excluding carboxylic acids is 1. The van der Waals surface area contributed by atoms with Gasteiger partial charge in [-0.1, -0.05) is 12.8 Å². The Morgan fingerprint density at radius 2 is 2.13 bits per heavy atom. The number of urea groups is 1. The summed E-state index contributed by atoms with van der Waals surface area (Å²) in [6.45, 7) is 2.37. The van der Waals surface area contributed by atoms with Gasteiger partial charge in [-0.3, -0.25) is 0 Å². The number of rotatable bonds is 2. The Kier molecular flexibility index (Phi) is 3.46. The van der Waals surface area contributed by atoms with Crippen molar-refractivity contribution in [3.05, 3.63) is 0 Å². The third kappa shape index (κ3) is 2.62. The minimum atomic E-state index is -0.200. The number of aliphatic hydroxyl groups excluding tert-OH is 1. The van der Waals surface area contributed by atoms with Crippen LogP contribution in [0.1, 0.15) is 32.1 Å². The van der Waals surface area contributed by atoms with Crippen LogP contribution in [0.5, 0.6) is 0 Å². The van der Waals surface area contributed by atoms with Crippen LogP contribution in [0.2, 0.25) is 0 Å². The summed E-state index contributed by atoms with van der Waals surface area (Å²) in [6, 6.07) is 0.0408. The van der Waals surface area contributed by atoms with Crippen molar-refractivity contribution in [2.24, 2.45) is 5.92 Å². The quantitative estimate of drug-likeness (QED) is 0.716. The lowest BCUT2D eigenvalue weighted by molar-refractivity contribution is 0.0510. The average Bonchev–Trinajstić information content (AvgIpc) is 2.24. The van der Waals surface area contributed by atoms with Gasteiger partial charge in [-0.15, -0.1) is 0 Å². The highest BCUT2D eigenvalue weighted by Crippen LogP contribution is 2.25. The molecule has 1 aliphatic carbocycles. The normalized spacial score (nSPS) is 32.6. The molecule has 86 valence electrons. The molecular weight excluding hydrogens is 192 g/mol. The van der Waals surface area contributed by atoms with Gasteiger partial charge < -0.3 is 15.3 Å². The van der Waals surface area contributed by atoms with Crippen LogP contribution in [-0.4, -0.2) is 41.8 Å². The maximum absolute atomic E-state index is 11.5. The van der Waals surface area contributed by atoms with Crippen LogP contribution in [0.4, 0.5) is 4.79 Å². The van der Waals surface area contributed by atoms with E-state index in [9.17, 15) is 9.90 Å². The fraction of sp³-hybridized carbons (Fsp3) is 0.909. The molecule has 4 heteroatoms. The molecular formula is C11H20N2O2. The predicted molar refractivity (Wildman–Crippen MR) is 57.6 cm³/mol. The Bertz CT molecular complexity index is 233. The van der Waals surface area contributed by atoms with Gasteiger partial charge in [0.15, 0.2) is 0 Å². The van der Waals surface area contributed by atoms with Crippen molar-refractivity contribution < 1.29 is 9.90 Å². The first-order valence-electron chi connectivity index (χ1n) is 5.98. The lowest BCUT2D eigenvalue weighted by Gasteiger charge is -2.34. The molecule has 2 rings (SSSR count). The number of aliphatic hydroxyl groups is 1. The van der Waals surface area contributed by atoms with Gasteiger partial charge in [-0.25, -0.2) is 4.79 Å². The second-order valence-electron chi connectivity index (χ2n) is 4.64. The molecule has 2 aliphatic rings. The van der Waals surface area contributed by atoms with Crippen molar-refractivity contribution >= 4 is 6.03 Å². The molecule has 0 aromatic carbocycles. The summed E-state index contributed by atoms with van der Waals surface area (Å²) in [6.07, 6.45) is 5.11. The molecule has 1 heterocycles. The van der Waals surface area contributed by atoms with E-state index in [1.165, 1.54) is 6.42 Å². The molecule has 0 bridgehead atoms. The monoisotopic (exact) mass is 212 g/mol. The van der Waals surface area contributed by atoms with Gasteiger partial charge in [0.05, 0.1) is 6.10 Å². The smallest absolute Gasteiger partial charge is 0.317 e. The molecule has 2 fully saturated rings. The van der Waals surface area contributed by atoms with Crippen molar-refractivity contribution in [3.63, 3.8) is 0 Å². The molecule has 0 radical (unpaired) electrons. The van der Waals surface area contributed by atoms with Crippen LogP contribution in [0.15, 0.2) is 0 Å². The van der Waals surface area contributed by atoms with Crippen LogP contribution < -0.4 is 5.32 Å². The molecule has 2 N–H and O–H groups in total. The van der Waals surface area contributed by atoms with E-state index >= 15 is 0 Å². The molecule has 0 aromatic heterocycles. The summed E-state index contributed by atoms with van der Waals surface area (Å²) in [4.78, 5) is 13.4. The van der Waals surface area contributed by atoms with Crippen LogP contribution in [0.3, 0.4) is 0 Å². The van der Waals surface area contributed by atoms with Crippen LogP contribution in [0.25, 0.3) is 0 Å². The number of amides is 2. The molecule has 2 atom stereocenters. The predicted octanol–water partition coefficient (Wildman–Crippen LogP) is 0.953. The van der Waals surface area contributed by atoms with E-state index in [0.29, 0.717) is 5.92 Å². The summed E-state index contributed by atoms with van der Waals surface area (Å²) in [7, 11) is 0. The first kappa shape index (κ1) is 10.7. The van der Waals surface area contributed by atoms with Crippen molar-refractivity contribution in [2.45, 2.75) is 38.2 Å². The number of nitrogens with one attached hydrogen (secondary N) is 1. The SMILES string of the molecule is O=C1NCCCN1CC1CCCCC1O. The summed E-state index contributed by atoms with van der Waals surface area (Å²) in [5.74, 6) is 0.294. The molecule has 4 nitrogen and oxygen atoms in total. The Morgan fingerprint density at radius 1 is 1.33 bits per heavy atom. The third-order valence-corrected chi connectivity index (χ3v) is 3.49. The zero-order chi connectivity index (χ0) is 10.7. The van der Waals surface area contributed by atoms with Gasteiger partial charge in [-0.05, 0) is 19.3 Å². The van der Waals surface area contributed by atoms with Gasteiger partial charge >= 0.3 is 6.03 Å². The van der Waals surface area contributed by atoms with E-state index in [4.69, 9.17) is 0 Å². The molecule has 0 aromatic rings. The highest BCUT2D eigenvalue weighted by molar-refractivity contribution is 5.74. The molecule has 2 amide bonds. The van der Waals surface area contributed by atoms with Gasteiger partial charge in [0.1, 0.15) is 0 Å². The first-order chi connectivity index (χ1) is 7.27. The van der Waals surface area contributed by atoms with Crippen molar-refractivity contribution in [2.75, 3.05) is 19.6 Å². The summed E-state index contributed by atoms with van der Waals surface area (Å²) >= 11 is 0. The van der Waals surface area contributed by atoms with Crippen molar-refractivity contribution in [1.29, 1.82) is 0 Å². The van der Waals surface area contributed by atoms with Crippen LogP contribution in [-0.2, 0) is 0 Å². The zero-order valence-electron chi connectivity index (χ0n) is 9.11. The van der Waals surface area contributed by atoms with E-state index in [1.54, 1.807) is 0 Å². The lowest BCUT2D eigenvalue weighted by atomic mass is 9.86. The first-order valence-corrected chi connectivity index (χ1v) is 5.98. The Hall–Kier alpha value is -0.770. The largest absolute Gasteiger partial charge is 0.393 e. The van der Waals surface area contributed by atoms with E-state index in [-0.39, 0.29) is 12.1 Å². The van der Waals surface area contributed by atoms with Crippen molar-refractivity contribution in [3.8, 4) is 0 Å². The highest BCUT2D eigenvalue weighted by Gasteiger charge is 2.27. The standard InChI is InChI=1S/C11H20N2O2/c14-10-5-2-1-4-9(10)8-13-7-3-6-12-11(13)15/h9-10,14H,1-8H2,(H,12,15). The Balaban J connectivity index is 1.86. The lowest BCUT2D eigenvalue weighted by Crippen LogP contribution is -2.49. The van der Waals surface area contributed by atoms with E-state index < -0.39 is 0 Å².